The molecule has 0 amide bonds. The van der Waals surface area contributed by atoms with Gasteiger partial charge in [-0.2, -0.15) is 0 Å². The molecule has 1 aromatic heterocycles. The van der Waals surface area contributed by atoms with Gasteiger partial charge in [-0.15, -0.1) is 0 Å². The third-order valence-corrected chi connectivity index (χ3v) is 3.30. The fraction of sp³-hybridized carbons (Fsp3) is 0.333. The fourth-order valence-electron chi connectivity index (χ4n) is 1.94. The van der Waals surface area contributed by atoms with Crippen molar-refractivity contribution in [3.8, 4) is 5.88 Å². The van der Waals surface area contributed by atoms with Crippen molar-refractivity contribution in [2.75, 3.05) is 7.11 Å². The van der Waals surface area contributed by atoms with Crippen molar-refractivity contribution < 1.29 is 4.74 Å². The zero-order valence-corrected chi connectivity index (χ0v) is 11.6. The second-order valence-corrected chi connectivity index (χ2v) is 4.71. The van der Waals surface area contributed by atoms with Crippen LogP contribution in [0.25, 0.3) is 0 Å². The molecule has 4 nitrogen and oxygen atoms in total. The van der Waals surface area contributed by atoms with Crippen molar-refractivity contribution in [3.63, 3.8) is 0 Å². The first kappa shape index (κ1) is 13.5. The summed E-state index contributed by atoms with van der Waals surface area (Å²) in [7, 11) is 1.59. The number of ether oxygens (including phenoxy) is 1. The van der Waals surface area contributed by atoms with Gasteiger partial charge >= 0.3 is 0 Å². The maximum atomic E-state index is 6.24. The van der Waals surface area contributed by atoms with E-state index in [1.807, 2.05) is 6.07 Å². The zero-order chi connectivity index (χ0) is 13.8. The lowest BCUT2D eigenvalue weighted by molar-refractivity contribution is 0.395. The number of nitrogens with two attached hydrogens (primary N) is 1. The normalized spacial score (nSPS) is 12.2. The summed E-state index contributed by atoms with van der Waals surface area (Å²) in [6, 6.07) is 8.06. The van der Waals surface area contributed by atoms with Crippen LogP contribution in [0, 0.1) is 13.8 Å². The lowest BCUT2D eigenvalue weighted by Crippen LogP contribution is -2.14. The van der Waals surface area contributed by atoms with Crippen LogP contribution in [0.4, 0.5) is 0 Å². The monoisotopic (exact) mass is 257 g/mol. The van der Waals surface area contributed by atoms with Crippen molar-refractivity contribution in [1.29, 1.82) is 0 Å². The highest BCUT2D eigenvalue weighted by Gasteiger charge is 2.10. The maximum Gasteiger partial charge on any atom is 0.216 e. The smallest absolute Gasteiger partial charge is 0.216 e. The van der Waals surface area contributed by atoms with Gasteiger partial charge < -0.3 is 10.5 Å². The second kappa shape index (κ2) is 5.80. The number of rotatable bonds is 4. The van der Waals surface area contributed by atoms with Crippen LogP contribution in [0.15, 0.2) is 30.6 Å². The summed E-state index contributed by atoms with van der Waals surface area (Å²) in [6.45, 7) is 4.19. The molecule has 19 heavy (non-hydrogen) atoms. The molecule has 1 unspecified atom stereocenters. The minimum Gasteiger partial charge on any atom is -0.481 e. The molecule has 0 aliphatic heterocycles. The van der Waals surface area contributed by atoms with Crippen LogP contribution < -0.4 is 10.5 Å². The Kier molecular flexibility index (Phi) is 4.12. The molecule has 0 spiro atoms. The molecule has 1 heterocycles. The van der Waals surface area contributed by atoms with E-state index in [0.717, 1.165) is 11.3 Å². The van der Waals surface area contributed by atoms with E-state index < -0.39 is 0 Å². The number of hydrogen-bond acceptors (Lipinski definition) is 4. The molecular weight excluding hydrogens is 238 g/mol. The highest BCUT2D eigenvalue weighted by Crippen LogP contribution is 2.19. The Labute approximate surface area is 113 Å². The second-order valence-electron chi connectivity index (χ2n) is 4.71. The summed E-state index contributed by atoms with van der Waals surface area (Å²) in [5, 5.41) is 0. The number of aryl methyl sites for hydroxylation is 2. The largest absolute Gasteiger partial charge is 0.481 e. The summed E-state index contributed by atoms with van der Waals surface area (Å²) >= 11 is 0. The van der Waals surface area contributed by atoms with E-state index in [-0.39, 0.29) is 6.04 Å². The summed E-state index contributed by atoms with van der Waals surface area (Å²) in [5.74, 6) is 0.567. The fourth-order valence-corrected chi connectivity index (χ4v) is 1.94. The van der Waals surface area contributed by atoms with Crippen LogP contribution in [0.5, 0.6) is 5.88 Å². The maximum absolute atomic E-state index is 6.24. The van der Waals surface area contributed by atoms with Crippen LogP contribution in [0.3, 0.4) is 0 Å². The summed E-state index contributed by atoms with van der Waals surface area (Å²) in [4.78, 5) is 8.21. The van der Waals surface area contributed by atoms with Crippen LogP contribution in [0.1, 0.15) is 28.4 Å². The Balaban J connectivity index is 2.15. The number of aromatic nitrogens is 2. The van der Waals surface area contributed by atoms with Crippen molar-refractivity contribution in [2.24, 2.45) is 5.73 Å². The third kappa shape index (κ3) is 3.29. The third-order valence-electron chi connectivity index (χ3n) is 3.30. The first-order valence-corrected chi connectivity index (χ1v) is 6.28. The Bertz CT molecular complexity index is 569. The average molecular weight is 257 g/mol. The van der Waals surface area contributed by atoms with E-state index in [0.29, 0.717) is 12.3 Å². The molecule has 0 fully saturated rings. The predicted octanol–water partition coefficient (Wildman–Crippen LogP) is 2.34. The predicted molar refractivity (Wildman–Crippen MR) is 75.1 cm³/mol. The minimum absolute atomic E-state index is 0.0705. The van der Waals surface area contributed by atoms with E-state index in [1.165, 1.54) is 17.5 Å². The standard InChI is InChI=1S/C15H19N3O/c1-10-4-5-12(6-11(10)2)14(16)7-13-8-15(19-3)18-9-17-13/h4-6,8-9,14H,7,16H2,1-3H3. The van der Waals surface area contributed by atoms with Crippen molar-refractivity contribution in [2.45, 2.75) is 26.3 Å². The van der Waals surface area contributed by atoms with Gasteiger partial charge in [0.2, 0.25) is 5.88 Å². The van der Waals surface area contributed by atoms with E-state index in [2.05, 4.69) is 42.0 Å². The number of nitrogens with zero attached hydrogens (tertiary/aromatic N) is 2. The summed E-state index contributed by atoms with van der Waals surface area (Å²) in [5.41, 5.74) is 10.8. The molecule has 0 bridgehead atoms. The van der Waals surface area contributed by atoms with Crippen LogP contribution in [-0.4, -0.2) is 17.1 Å². The van der Waals surface area contributed by atoms with Gasteiger partial charge in [0, 0.05) is 24.2 Å². The van der Waals surface area contributed by atoms with Crippen LogP contribution in [0.2, 0.25) is 0 Å². The Morgan fingerprint density at radius 1 is 1.16 bits per heavy atom. The molecule has 100 valence electrons. The number of hydrogen-bond donors (Lipinski definition) is 1. The highest BCUT2D eigenvalue weighted by molar-refractivity contribution is 5.32. The molecule has 1 aromatic carbocycles. The van der Waals surface area contributed by atoms with Gasteiger partial charge in [-0.3, -0.25) is 0 Å². The van der Waals surface area contributed by atoms with Crippen LogP contribution >= 0.6 is 0 Å². The lowest BCUT2D eigenvalue weighted by atomic mass is 9.98. The van der Waals surface area contributed by atoms with Crippen molar-refractivity contribution in [3.05, 3.63) is 53.0 Å². The minimum atomic E-state index is -0.0705. The average Bonchev–Trinajstić information content (AvgIpc) is 2.42. The molecule has 0 radical (unpaired) electrons. The van der Waals surface area contributed by atoms with Gasteiger partial charge in [-0.25, -0.2) is 9.97 Å². The molecule has 0 saturated carbocycles. The molecule has 2 N–H and O–H groups in total. The van der Waals surface area contributed by atoms with Gasteiger partial charge in [0.15, 0.2) is 0 Å². The highest BCUT2D eigenvalue weighted by atomic mass is 16.5. The zero-order valence-electron chi connectivity index (χ0n) is 11.6. The van der Waals surface area contributed by atoms with Gasteiger partial charge in [-0.1, -0.05) is 18.2 Å². The first-order valence-electron chi connectivity index (χ1n) is 6.28. The molecule has 0 saturated heterocycles. The Morgan fingerprint density at radius 3 is 2.63 bits per heavy atom. The Hall–Kier alpha value is -1.94. The molecule has 4 heteroatoms. The van der Waals surface area contributed by atoms with Gasteiger partial charge in [0.05, 0.1) is 7.11 Å². The number of methoxy groups -OCH3 is 1. The van der Waals surface area contributed by atoms with Crippen LogP contribution in [-0.2, 0) is 6.42 Å². The van der Waals surface area contributed by atoms with E-state index in [9.17, 15) is 0 Å². The van der Waals surface area contributed by atoms with Gasteiger partial charge in [0.1, 0.15) is 6.33 Å². The number of benzene rings is 1. The van der Waals surface area contributed by atoms with Crippen molar-refractivity contribution >= 4 is 0 Å². The molecule has 0 aliphatic carbocycles. The summed E-state index contributed by atoms with van der Waals surface area (Å²) in [6.07, 6.45) is 2.17. The molecular formula is C15H19N3O. The van der Waals surface area contributed by atoms with Gasteiger partial charge in [0.25, 0.3) is 0 Å². The van der Waals surface area contributed by atoms with E-state index >= 15 is 0 Å². The molecule has 2 rings (SSSR count). The summed E-state index contributed by atoms with van der Waals surface area (Å²) < 4.78 is 5.09. The van der Waals surface area contributed by atoms with E-state index in [1.54, 1.807) is 7.11 Å². The topological polar surface area (TPSA) is 61.0 Å². The van der Waals surface area contributed by atoms with E-state index in [4.69, 9.17) is 10.5 Å². The molecule has 0 aliphatic rings. The SMILES string of the molecule is COc1cc(CC(N)c2ccc(C)c(C)c2)ncn1. The molecule has 2 aromatic rings. The molecule has 1 atom stereocenters. The van der Waals surface area contributed by atoms with Gasteiger partial charge in [-0.05, 0) is 30.5 Å². The lowest BCUT2D eigenvalue weighted by Gasteiger charge is -2.13. The Morgan fingerprint density at radius 2 is 1.95 bits per heavy atom. The quantitative estimate of drug-likeness (QED) is 0.913. The van der Waals surface area contributed by atoms with Crippen molar-refractivity contribution in [1.82, 2.24) is 9.97 Å². The first-order chi connectivity index (χ1) is 9.10.